The van der Waals surface area contributed by atoms with E-state index in [0.717, 1.165) is 13.0 Å². The van der Waals surface area contributed by atoms with E-state index in [1.54, 1.807) is 0 Å². The summed E-state index contributed by atoms with van der Waals surface area (Å²) >= 11 is 0. The molecule has 0 aromatic rings. The Kier molecular flexibility index (Phi) is 3.34. The molecule has 1 aliphatic heterocycles. The van der Waals surface area contributed by atoms with Crippen LogP contribution < -0.4 is 10.6 Å². The van der Waals surface area contributed by atoms with E-state index < -0.39 is 18.6 Å². The van der Waals surface area contributed by atoms with Gasteiger partial charge in [0, 0.05) is 12.6 Å². The molecule has 0 spiro atoms. The van der Waals surface area contributed by atoms with Gasteiger partial charge < -0.3 is 10.6 Å². The molecule has 1 rings (SSSR count). The normalized spacial score (nSPS) is 26.8. The van der Waals surface area contributed by atoms with Gasteiger partial charge in [-0.1, -0.05) is 0 Å². The Bertz CT molecular complexity index is 127. The maximum absolute atomic E-state index is 11.9. The zero-order valence-electron chi connectivity index (χ0n) is 6.75. The van der Waals surface area contributed by atoms with Gasteiger partial charge in [0.2, 0.25) is 0 Å². The van der Waals surface area contributed by atoms with E-state index in [-0.39, 0.29) is 0 Å². The van der Waals surface area contributed by atoms with Crippen molar-refractivity contribution in [2.75, 3.05) is 19.6 Å². The lowest BCUT2D eigenvalue weighted by Crippen LogP contribution is -2.38. The SMILES string of the molecule is FC(F)(F)CC1CNCCCN1. The number of hydrogen-bond acceptors (Lipinski definition) is 2. The van der Waals surface area contributed by atoms with Gasteiger partial charge in [-0.05, 0) is 19.5 Å². The van der Waals surface area contributed by atoms with Crippen LogP contribution in [0, 0.1) is 0 Å². The topological polar surface area (TPSA) is 24.1 Å². The van der Waals surface area contributed by atoms with Crippen LogP contribution >= 0.6 is 0 Å². The van der Waals surface area contributed by atoms with Crippen LogP contribution in [0.5, 0.6) is 0 Å². The van der Waals surface area contributed by atoms with E-state index >= 15 is 0 Å². The molecular formula is C7H13F3N2. The second kappa shape index (κ2) is 4.09. The average Bonchev–Trinajstić information content (AvgIpc) is 2.12. The van der Waals surface area contributed by atoms with Gasteiger partial charge in [-0.15, -0.1) is 0 Å². The first-order valence-electron chi connectivity index (χ1n) is 4.09. The Morgan fingerprint density at radius 3 is 2.67 bits per heavy atom. The van der Waals surface area contributed by atoms with Crippen LogP contribution in [0.4, 0.5) is 13.2 Å². The molecule has 2 N–H and O–H groups in total. The number of rotatable bonds is 1. The minimum atomic E-state index is -4.05. The number of alkyl halides is 3. The largest absolute Gasteiger partial charge is 0.390 e. The smallest absolute Gasteiger partial charge is 0.315 e. The lowest BCUT2D eigenvalue weighted by Gasteiger charge is -2.17. The Balaban J connectivity index is 2.30. The van der Waals surface area contributed by atoms with E-state index in [9.17, 15) is 13.2 Å². The first-order valence-corrected chi connectivity index (χ1v) is 4.09. The quantitative estimate of drug-likeness (QED) is 0.629. The van der Waals surface area contributed by atoms with Crippen LogP contribution in [0.3, 0.4) is 0 Å². The summed E-state index contributed by atoms with van der Waals surface area (Å²) in [4.78, 5) is 0. The van der Waals surface area contributed by atoms with Crippen molar-refractivity contribution >= 4 is 0 Å². The van der Waals surface area contributed by atoms with Gasteiger partial charge in [-0.25, -0.2) is 0 Å². The van der Waals surface area contributed by atoms with E-state index in [0.29, 0.717) is 13.1 Å². The molecule has 1 fully saturated rings. The molecule has 1 atom stereocenters. The van der Waals surface area contributed by atoms with Crippen LogP contribution in [0.2, 0.25) is 0 Å². The highest BCUT2D eigenvalue weighted by atomic mass is 19.4. The zero-order chi connectivity index (χ0) is 9.03. The maximum atomic E-state index is 11.9. The Hall–Kier alpha value is -0.290. The standard InChI is InChI=1S/C7H13F3N2/c8-7(9,10)4-6-5-11-2-1-3-12-6/h6,11-12H,1-5H2. The van der Waals surface area contributed by atoms with Gasteiger partial charge in [0.15, 0.2) is 0 Å². The van der Waals surface area contributed by atoms with E-state index in [4.69, 9.17) is 0 Å². The number of hydrogen-bond donors (Lipinski definition) is 2. The summed E-state index contributed by atoms with van der Waals surface area (Å²) < 4.78 is 35.7. The summed E-state index contributed by atoms with van der Waals surface area (Å²) in [6.07, 6.45) is -3.89. The van der Waals surface area contributed by atoms with Crippen molar-refractivity contribution in [3.05, 3.63) is 0 Å². The molecule has 1 aliphatic rings. The number of halogens is 3. The fourth-order valence-corrected chi connectivity index (χ4v) is 1.29. The fourth-order valence-electron chi connectivity index (χ4n) is 1.29. The molecule has 0 saturated carbocycles. The van der Waals surface area contributed by atoms with Crippen molar-refractivity contribution in [3.8, 4) is 0 Å². The van der Waals surface area contributed by atoms with Crippen molar-refractivity contribution in [2.45, 2.75) is 25.1 Å². The Morgan fingerprint density at radius 2 is 2.00 bits per heavy atom. The van der Waals surface area contributed by atoms with Gasteiger partial charge in [0.1, 0.15) is 0 Å². The third kappa shape index (κ3) is 3.92. The molecular weight excluding hydrogens is 169 g/mol. The summed E-state index contributed by atoms with van der Waals surface area (Å²) in [7, 11) is 0. The molecule has 0 bridgehead atoms. The Morgan fingerprint density at radius 1 is 1.25 bits per heavy atom. The first-order chi connectivity index (χ1) is 5.58. The highest BCUT2D eigenvalue weighted by Gasteiger charge is 2.31. The summed E-state index contributed by atoms with van der Waals surface area (Å²) in [5.41, 5.74) is 0. The molecule has 1 saturated heterocycles. The Labute approximate surface area is 69.5 Å². The second-order valence-corrected chi connectivity index (χ2v) is 3.03. The predicted molar refractivity (Wildman–Crippen MR) is 39.9 cm³/mol. The van der Waals surface area contributed by atoms with Crippen molar-refractivity contribution in [2.24, 2.45) is 0 Å². The summed E-state index contributed by atoms with van der Waals surface area (Å²) in [5, 5.41) is 5.81. The van der Waals surface area contributed by atoms with Crippen LogP contribution in [0.25, 0.3) is 0 Å². The van der Waals surface area contributed by atoms with Crippen molar-refractivity contribution in [1.29, 1.82) is 0 Å². The van der Waals surface area contributed by atoms with Crippen LogP contribution in [-0.4, -0.2) is 31.9 Å². The minimum absolute atomic E-state index is 0.416. The van der Waals surface area contributed by atoms with Gasteiger partial charge >= 0.3 is 6.18 Å². The molecule has 72 valence electrons. The monoisotopic (exact) mass is 182 g/mol. The second-order valence-electron chi connectivity index (χ2n) is 3.03. The molecule has 2 nitrogen and oxygen atoms in total. The van der Waals surface area contributed by atoms with Gasteiger partial charge in [-0.3, -0.25) is 0 Å². The molecule has 12 heavy (non-hydrogen) atoms. The molecule has 0 amide bonds. The zero-order valence-corrected chi connectivity index (χ0v) is 6.75. The number of nitrogens with one attached hydrogen (secondary N) is 2. The van der Waals surface area contributed by atoms with Crippen molar-refractivity contribution in [1.82, 2.24) is 10.6 Å². The van der Waals surface area contributed by atoms with Crippen molar-refractivity contribution < 1.29 is 13.2 Å². The maximum Gasteiger partial charge on any atom is 0.390 e. The van der Waals surface area contributed by atoms with E-state index in [1.165, 1.54) is 0 Å². The van der Waals surface area contributed by atoms with Crippen LogP contribution in [0.15, 0.2) is 0 Å². The van der Waals surface area contributed by atoms with Crippen LogP contribution in [0.1, 0.15) is 12.8 Å². The van der Waals surface area contributed by atoms with Crippen molar-refractivity contribution in [3.63, 3.8) is 0 Å². The molecule has 0 aliphatic carbocycles. The van der Waals surface area contributed by atoms with E-state index in [2.05, 4.69) is 10.6 Å². The molecule has 0 aromatic carbocycles. The summed E-state index contributed by atoms with van der Waals surface area (Å²) in [6.45, 7) is 1.90. The third-order valence-corrected chi connectivity index (χ3v) is 1.83. The average molecular weight is 182 g/mol. The highest BCUT2D eigenvalue weighted by Crippen LogP contribution is 2.21. The first kappa shape index (κ1) is 9.80. The highest BCUT2D eigenvalue weighted by molar-refractivity contribution is 4.76. The predicted octanol–water partition coefficient (Wildman–Crippen LogP) is 0.890. The van der Waals surface area contributed by atoms with Crippen LogP contribution in [-0.2, 0) is 0 Å². The van der Waals surface area contributed by atoms with Gasteiger partial charge in [0.05, 0.1) is 6.42 Å². The molecule has 5 heteroatoms. The summed E-state index contributed by atoms with van der Waals surface area (Å²) in [5.74, 6) is 0. The molecule has 1 heterocycles. The molecule has 0 radical (unpaired) electrons. The molecule has 0 aromatic heterocycles. The third-order valence-electron chi connectivity index (χ3n) is 1.83. The lowest BCUT2D eigenvalue weighted by molar-refractivity contribution is -0.139. The van der Waals surface area contributed by atoms with E-state index in [1.807, 2.05) is 0 Å². The van der Waals surface area contributed by atoms with Gasteiger partial charge in [-0.2, -0.15) is 13.2 Å². The molecule has 1 unspecified atom stereocenters. The lowest BCUT2D eigenvalue weighted by atomic mass is 10.2. The fraction of sp³-hybridized carbons (Fsp3) is 1.00. The summed E-state index contributed by atoms with van der Waals surface area (Å²) in [6, 6.07) is -0.451. The minimum Gasteiger partial charge on any atom is -0.315 e. The van der Waals surface area contributed by atoms with Gasteiger partial charge in [0.25, 0.3) is 0 Å².